The predicted octanol–water partition coefficient (Wildman–Crippen LogP) is 1.06. The van der Waals surface area contributed by atoms with Crippen LogP contribution in [-0.2, 0) is 4.79 Å². The van der Waals surface area contributed by atoms with Crippen molar-refractivity contribution in [3.8, 4) is 0 Å². The molecule has 0 aliphatic carbocycles. The minimum Gasteiger partial charge on any atom is -0.480 e. The van der Waals surface area contributed by atoms with Gasteiger partial charge in [-0.25, -0.2) is 8.78 Å². The molecule has 6 heteroatoms. The summed E-state index contributed by atoms with van der Waals surface area (Å²) in [5.74, 6) is -2.64. The molecule has 0 radical (unpaired) electrons. The van der Waals surface area contributed by atoms with Gasteiger partial charge in [0.2, 0.25) is 0 Å². The molecule has 0 heterocycles. The van der Waals surface area contributed by atoms with Crippen LogP contribution in [-0.4, -0.2) is 28.8 Å². The van der Waals surface area contributed by atoms with E-state index in [1.54, 1.807) is 0 Å². The maximum atomic E-state index is 12.8. The molecule has 1 aromatic rings. The highest BCUT2D eigenvalue weighted by Crippen LogP contribution is 2.15. The summed E-state index contributed by atoms with van der Waals surface area (Å²) in [7, 11) is 0. The summed E-state index contributed by atoms with van der Waals surface area (Å²) >= 11 is 0. The van der Waals surface area contributed by atoms with Gasteiger partial charge in [-0.3, -0.25) is 4.79 Å². The fourth-order valence-electron chi connectivity index (χ4n) is 1.26. The Balaban J connectivity index is 2.63. The molecule has 0 saturated carbocycles. The average molecular weight is 245 g/mol. The lowest BCUT2D eigenvalue weighted by Gasteiger charge is -2.14. The molecule has 2 atom stereocenters. The van der Waals surface area contributed by atoms with Gasteiger partial charge in [-0.2, -0.15) is 0 Å². The first-order chi connectivity index (χ1) is 7.90. The van der Waals surface area contributed by atoms with Crippen molar-refractivity contribution in [3.05, 3.63) is 35.4 Å². The zero-order valence-corrected chi connectivity index (χ0v) is 9.15. The van der Waals surface area contributed by atoms with Crippen LogP contribution in [0.15, 0.2) is 18.2 Å². The lowest BCUT2D eigenvalue weighted by molar-refractivity contribution is -0.139. The normalized spacial score (nSPS) is 14.4. The summed E-state index contributed by atoms with van der Waals surface area (Å²) in [4.78, 5) is 10.5. The smallest absolute Gasteiger partial charge is 0.320 e. The SMILES string of the molecule is C[C@H](NC[C@H](O)c1cc(F)cc(F)c1)C(=O)O. The van der Waals surface area contributed by atoms with Gasteiger partial charge in [0.25, 0.3) is 0 Å². The molecular weight excluding hydrogens is 232 g/mol. The van der Waals surface area contributed by atoms with Crippen molar-refractivity contribution in [1.29, 1.82) is 0 Å². The van der Waals surface area contributed by atoms with Gasteiger partial charge in [0.1, 0.15) is 17.7 Å². The van der Waals surface area contributed by atoms with E-state index in [0.717, 1.165) is 12.1 Å². The lowest BCUT2D eigenvalue weighted by atomic mass is 10.1. The molecule has 0 fully saturated rings. The van der Waals surface area contributed by atoms with E-state index in [4.69, 9.17) is 5.11 Å². The number of aliphatic carboxylic acids is 1. The summed E-state index contributed by atoms with van der Waals surface area (Å²) in [5.41, 5.74) is 0.0626. The summed E-state index contributed by atoms with van der Waals surface area (Å²) in [6, 6.07) is 1.86. The third-order valence-corrected chi connectivity index (χ3v) is 2.26. The standard InChI is InChI=1S/C11H13F2NO3/c1-6(11(16)17)14-5-10(15)7-2-8(12)4-9(13)3-7/h2-4,6,10,14-15H,5H2,1H3,(H,16,17)/t6-,10-/m0/s1. The van der Waals surface area contributed by atoms with E-state index in [-0.39, 0.29) is 12.1 Å². The first kappa shape index (κ1) is 13.5. The summed E-state index contributed by atoms with van der Waals surface area (Å²) in [5, 5.41) is 20.7. The zero-order valence-electron chi connectivity index (χ0n) is 9.15. The van der Waals surface area contributed by atoms with Crippen LogP contribution in [0.2, 0.25) is 0 Å². The van der Waals surface area contributed by atoms with Crippen molar-refractivity contribution in [2.24, 2.45) is 0 Å². The van der Waals surface area contributed by atoms with Crippen molar-refractivity contribution in [3.63, 3.8) is 0 Å². The van der Waals surface area contributed by atoms with E-state index < -0.39 is 29.7 Å². The highest BCUT2D eigenvalue weighted by atomic mass is 19.1. The quantitative estimate of drug-likeness (QED) is 0.725. The fraction of sp³-hybridized carbons (Fsp3) is 0.364. The molecule has 1 rings (SSSR count). The van der Waals surface area contributed by atoms with E-state index >= 15 is 0 Å². The number of nitrogens with one attached hydrogen (secondary N) is 1. The van der Waals surface area contributed by atoms with Gasteiger partial charge >= 0.3 is 5.97 Å². The van der Waals surface area contributed by atoms with Crippen LogP contribution in [0.25, 0.3) is 0 Å². The third kappa shape index (κ3) is 4.08. The molecule has 0 aliphatic heterocycles. The summed E-state index contributed by atoms with van der Waals surface area (Å²) in [6.07, 6.45) is -1.16. The van der Waals surface area contributed by atoms with Crippen LogP contribution < -0.4 is 5.32 Å². The zero-order chi connectivity index (χ0) is 13.0. The Labute approximate surface area is 96.9 Å². The number of hydrogen-bond donors (Lipinski definition) is 3. The highest BCUT2D eigenvalue weighted by molar-refractivity contribution is 5.72. The van der Waals surface area contributed by atoms with E-state index in [0.29, 0.717) is 6.07 Å². The van der Waals surface area contributed by atoms with Crippen LogP contribution >= 0.6 is 0 Å². The summed E-state index contributed by atoms with van der Waals surface area (Å²) < 4.78 is 25.7. The van der Waals surface area contributed by atoms with Gasteiger partial charge in [-0.15, -0.1) is 0 Å². The minimum absolute atomic E-state index is 0.0626. The Hall–Kier alpha value is -1.53. The van der Waals surface area contributed by atoms with E-state index in [1.165, 1.54) is 6.92 Å². The molecular formula is C11H13F2NO3. The molecule has 94 valence electrons. The van der Waals surface area contributed by atoms with Gasteiger partial charge < -0.3 is 15.5 Å². The molecule has 0 bridgehead atoms. The van der Waals surface area contributed by atoms with Crippen LogP contribution in [0.3, 0.4) is 0 Å². The Bertz CT molecular complexity index is 391. The maximum absolute atomic E-state index is 12.8. The van der Waals surface area contributed by atoms with Gasteiger partial charge in [-0.05, 0) is 24.6 Å². The lowest BCUT2D eigenvalue weighted by Crippen LogP contribution is -2.36. The minimum atomic E-state index is -1.16. The predicted molar refractivity (Wildman–Crippen MR) is 56.4 cm³/mol. The second kappa shape index (κ2) is 5.70. The molecule has 17 heavy (non-hydrogen) atoms. The van der Waals surface area contributed by atoms with Crippen molar-refractivity contribution in [2.45, 2.75) is 19.1 Å². The molecule has 0 saturated heterocycles. The van der Waals surface area contributed by atoms with Crippen molar-refractivity contribution < 1.29 is 23.8 Å². The van der Waals surface area contributed by atoms with Crippen molar-refractivity contribution >= 4 is 5.97 Å². The third-order valence-electron chi connectivity index (χ3n) is 2.26. The van der Waals surface area contributed by atoms with Crippen LogP contribution in [0, 0.1) is 11.6 Å². The number of benzene rings is 1. The molecule has 0 aromatic heterocycles. The largest absolute Gasteiger partial charge is 0.480 e. The van der Waals surface area contributed by atoms with Crippen LogP contribution in [0.4, 0.5) is 8.78 Å². The number of carboxylic acid groups (broad SMARTS) is 1. The molecule has 0 aliphatic rings. The number of rotatable bonds is 5. The van der Waals surface area contributed by atoms with Gasteiger partial charge in [0, 0.05) is 12.6 Å². The maximum Gasteiger partial charge on any atom is 0.320 e. The van der Waals surface area contributed by atoms with E-state index in [1.807, 2.05) is 0 Å². The molecule has 4 nitrogen and oxygen atoms in total. The average Bonchev–Trinajstić information content (AvgIpc) is 2.23. The molecule has 1 aromatic carbocycles. The highest BCUT2D eigenvalue weighted by Gasteiger charge is 2.14. The number of aliphatic hydroxyl groups is 1. The molecule has 3 N–H and O–H groups in total. The van der Waals surface area contributed by atoms with Crippen molar-refractivity contribution in [1.82, 2.24) is 5.32 Å². The number of aliphatic hydroxyl groups excluding tert-OH is 1. The monoisotopic (exact) mass is 245 g/mol. The number of carbonyl (C=O) groups is 1. The number of hydrogen-bond acceptors (Lipinski definition) is 3. The first-order valence-electron chi connectivity index (χ1n) is 5.00. The summed E-state index contributed by atoms with van der Waals surface area (Å²) in [6.45, 7) is 1.30. The van der Waals surface area contributed by atoms with E-state index in [9.17, 15) is 18.7 Å². The first-order valence-corrected chi connectivity index (χ1v) is 5.00. The van der Waals surface area contributed by atoms with Crippen molar-refractivity contribution in [2.75, 3.05) is 6.54 Å². The Morgan fingerprint density at radius 1 is 1.35 bits per heavy atom. The van der Waals surface area contributed by atoms with Gasteiger partial charge in [0.15, 0.2) is 0 Å². The molecule has 0 spiro atoms. The molecule has 0 unspecified atom stereocenters. The Morgan fingerprint density at radius 3 is 2.35 bits per heavy atom. The number of halogens is 2. The van der Waals surface area contributed by atoms with Gasteiger partial charge in [-0.1, -0.05) is 0 Å². The Kier molecular flexibility index (Phi) is 4.53. The Morgan fingerprint density at radius 2 is 1.88 bits per heavy atom. The van der Waals surface area contributed by atoms with Crippen LogP contribution in [0.1, 0.15) is 18.6 Å². The number of carboxylic acids is 1. The topological polar surface area (TPSA) is 69.6 Å². The van der Waals surface area contributed by atoms with E-state index in [2.05, 4.69) is 5.32 Å². The second-order valence-corrected chi connectivity index (χ2v) is 3.69. The van der Waals surface area contributed by atoms with Gasteiger partial charge in [0.05, 0.1) is 6.10 Å². The van der Waals surface area contributed by atoms with Crippen LogP contribution in [0.5, 0.6) is 0 Å². The fourth-order valence-corrected chi connectivity index (χ4v) is 1.26. The molecule has 0 amide bonds. The second-order valence-electron chi connectivity index (χ2n) is 3.69.